The first kappa shape index (κ1) is 23.6. The van der Waals surface area contributed by atoms with Crippen LogP contribution in [0.4, 0.5) is 8.78 Å². The molecule has 0 aliphatic rings. The molecule has 0 heterocycles. The standard InChI is InChI=1S/C20H24F2N2O5S/c1-13(2)18(24-30(26,27)15-7-5-4-6-8-15)19(25)23-12-14-9-10-16(29-20(21)22)17(11-14)28-3/h4-11,13,18,20,24H,12H2,1-3H3,(H,23,25)/t18-/m0/s1. The van der Waals surface area contributed by atoms with Gasteiger partial charge in [-0.25, -0.2) is 8.42 Å². The Morgan fingerprint density at radius 3 is 2.30 bits per heavy atom. The van der Waals surface area contributed by atoms with Crippen LogP contribution in [0.2, 0.25) is 0 Å². The topological polar surface area (TPSA) is 93.7 Å². The Morgan fingerprint density at radius 1 is 1.07 bits per heavy atom. The Hall–Kier alpha value is -2.72. The van der Waals surface area contributed by atoms with Crippen LogP contribution in [0.15, 0.2) is 53.4 Å². The van der Waals surface area contributed by atoms with E-state index < -0.39 is 28.6 Å². The largest absolute Gasteiger partial charge is 0.493 e. The van der Waals surface area contributed by atoms with Gasteiger partial charge in [0.25, 0.3) is 0 Å². The number of sulfonamides is 1. The van der Waals surface area contributed by atoms with Gasteiger partial charge in [-0.05, 0) is 35.7 Å². The number of hydrogen-bond donors (Lipinski definition) is 2. The lowest BCUT2D eigenvalue weighted by Gasteiger charge is -2.22. The van der Waals surface area contributed by atoms with Crippen molar-refractivity contribution in [3.63, 3.8) is 0 Å². The van der Waals surface area contributed by atoms with Gasteiger partial charge in [0.1, 0.15) is 6.04 Å². The van der Waals surface area contributed by atoms with E-state index in [-0.39, 0.29) is 28.9 Å². The second kappa shape index (κ2) is 10.4. The zero-order chi connectivity index (χ0) is 22.3. The number of benzene rings is 2. The summed E-state index contributed by atoms with van der Waals surface area (Å²) in [4.78, 5) is 12.7. The lowest BCUT2D eigenvalue weighted by Crippen LogP contribution is -2.49. The highest BCUT2D eigenvalue weighted by Crippen LogP contribution is 2.29. The van der Waals surface area contributed by atoms with Crippen LogP contribution in [0.3, 0.4) is 0 Å². The average Bonchev–Trinajstić information content (AvgIpc) is 2.71. The first-order valence-electron chi connectivity index (χ1n) is 9.11. The molecule has 2 rings (SSSR count). The van der Waals surface area contributed by atoms with Crippen LogP contribution in [0.25, 0.3) is 0 Å². The van der Waals surface area contributed by atoms with E-state index in [9.17, 15) is 22.0 Å². The van der Waals surface area contributed by atoms with E-state index in [1.165, 1.54) is 37.4 Å². The Balaban J connectivity index is 2.09. The van der Waals surface area contributed by atoms with E-state index in [1.807, 2.05) is 0 Å². The fourth-order valence-corrected chi connectivity index (χ4v) is 4.01. The van der Waals surface area contributed by atoms with Gasteiger partial charge in [0, 0.05) is 6.54 Å². The number of halogens is 2. The quantitative estimate of drug-likeness (QED) is 0.590. The molecule has 2 aromatic carbocycles. The second-order valence-corrected chi connectivity index (χ2v) is 8.45. The number of carbonyl (C=O) groups excluding carboxylic acids is 1. The number of methoxy groups -OCH3 is 1. The van der Waals surface area contributed by atoms with Crippen LogP contribution in [0.1, 0.15) is 19.4 Å². The first-order valence-corrected chi connectivity index (χ1v) is 10.6. The molecule has 1 amide bonds. The fraction of sp³-hybridized carbons (Fsp3) is 0.350. The van der Waals surface area contributed by atoms with E-state index in [0.29, 0.717) is 5.56 Å². The van der Waals surface area contributed by atoms with Gasteiger partial charge < -0.3 is 14.8 Å². The van der Waals surface area contributed by atoms with Crippen molar-refractivity contribution in [2.75, 3.05) is 7.11 Å². The van der Waals surface area contributed by atoms with E-state index >= 15 is 0 Å². The van der Waals surface area contributed by atoms with Crippen LogP contribution >= 0.6 is 0 Å². The van der Waals surface area contributed by atoms with E-state index in [4.69, 9.17) is 4.74 Å². The molecule has 7 nitrogen and oxygen atoms in total. The monoisotopic (exact) mass is 442 g/mol. The molecule has 0 radical (unpaired) electrons. The molecule has 2 N–H and O–H groups in total. The molecule has 164 valence electrons. The number of carbonyl (C=O) groups is 1. The molecule has 0 bridgehead atoms. The van der Waals surface area contributed by atoms with Crippen molar-refractivity contribution in [1.82, 2.24) is 10.0 Å². The highest BCUT2D eigenvalue weighted by atomic mass is 32.2. The molecule has 0 aliphatic heterocycles. The van der Waals surface area contributed by atoms with Gasteiger partial charge in [0.05, 0.1) is 12.0 Å². The van der Waals surface area contributed by atoms with Crippen LogP contribution in [0, 0.1) is 5.92 Å². The van der Waals surface area contributed by atoms with Gasteiger partial charge in [-0.2, -0.15) is 13.5 Å². The molecule has 0 saturated heterocycles. The highest BCUT2D eigenvalue weighted by molar-refractivity contribution is 7.89. The lowest BCUT2D eigenvalue weighted by molar-refractivity contribution is -0.123. The molecule has 30 heavy (non-hydrogen) atoms. The van der Waals surface area contributed by atoms with Crippen molar-refractivity contribution in [3.05, 3.63) is 54.1 Å². The maximum absolute atomic E-state index is 12.6. The van der Waals surface area contributed by atoms with Gasteiger partial charge in [0.15, 0.2) is 11.5 Å². The number of nitrogens with one attached hydrogen (secondary N) is 2. The third kappa shape index (κ3) is 6.39. The van der Waals surface area contributed by atoms with E-state index in [0.717, 1.165) is 0 Å². The van der Waals surface area contributed by atoms with Crippen molar-refractivity contribution in [3.8, 4) is 11.5 Å². The summed E-state index contributed by atoms with van der Waals surface area (Å²) in [5.41, 5.74) is 0.565. The minimum Gasteiger partial charge on any atom is -0.493 e. The molecule has 0 aromatic heterocycles. The molecule has 1 atom stereocenters. The maximum atomic E-state index is 12.6. The van der Waals surface area contributed by atoms with Crippen molar-refractivity contribution in [2.24, 2.45) is 5.92 Å². The molecular weight excluding hydrogens is 418 g/mol. The molecular formula is C20H24F2N2O5S. The summed E-state index contributed by atoms with van der Waals surface area (Å²) in [7, 11) is -2.57. The van der Waals surface area contributed by atoms with Gasteiger partial charge >= 0.3 is 6.61 Å². The summed E-state index contributed by atoms with van der Waals surface area (Å²) >= 11 is 0. The second-order valence-electron chi connectivity index (χ2n) is 6.74. The number of hydrogen-bond acceptors (Lipinski definition) is 5. The number of amides is 1. The van der Waals surface area contributed by atoms with Crippen LogP contribution < -0.4 is 19.5 Å². The van der Waals surface area contributed by atoms with Gasteiger partial charge in [-0.3, -0.25) is 4.79 Å². The lowest BCUT2D eigenvalue weighted by atomic mass is 10.0. The van der Waals surface area contributed by atoms with Crippen LogP contribution in [0.5, 0.6) is 11.5 Å². The van der Waals surface area contributed by atoms with Crippen LogP contribution in [-0.4, -0.2) is 34.1 Å². The Morgan fingerprint density at radius 2 is 1.73 bits per heavy atom. The Labute approximate surface area is 174 Å². The van der Waals surface area contributed by atoms with Crippen molar-refractivity contribution >= 4 is 15.9 Å². The maximum Gasteiger partial charge on any atom is 0.387 e. The molecule has 2 aromatic rings. The summed E-state index contributed by atoms with van der Waals surface area (Å²) in [5, 5.41) is 2.66. The fourth-order valence-electron chi connectivity index (χ4n) is 2.64. The molecule has 0 fully saturated rings. The number of ether oxygens (including phenoxy) is 2. The molecule has 0 aliphatic carbocycles. The van der Waals surface area contributed by atoms with Crippen molar-refractivity contribution < 1.29 is 31.5 Å². The first-order chi connectivity index (χ1) is 14.1. The summed E-state index contributed by atoms with van der Waals surface area (Å²) in [5.74, 6) is -0.873. The third-order valence-electron chi connectivity index (χ3n) is 4.20. The summed E-state index contributed by atoms with van der Waals surface area (Å²) in [6.45, 7) is 0.489. The summed E-state index contributed by atoms with van der Waals surface area (Å²) in [6, 6.07) is 11.0. The van der Waals surface area contributed by atoms with E-state index in [1.54, 1.807) is 32.0 Å². The Bertz CT molecular complexity index is 953. The third-order valence-corrected chi connectivity index (χ3v) is 5.65. The minimum absolute atomic E-state index is 0.0421. The average molecular weight is 442 g/mol. The van der Waals surface area contributed by atoms with Gasteiger partial charge in [-0.15, -0.1) is 0 Å². The Kier molecular flexibility index (Phi) is 8.13. The zero-order valence-corrected chi connectivity index (χ0v) is 17.6. The summed E-state index contributed by atoms with van der Waals surface area (Å²) < 4.78 is 61.8. The molecule has 10 heteroatoms. The van der Waals surface area contributed by atoms with Crippen molar-refractivity contribution in [1.29, 1.82) is 0 Å². The number of rotatable bonds is 10. The predicted octanol–water partition coefficient (Wildman–Crippen LogP) is 2.92. The predicted molar refractivity (Wildman–Crippen MR) is 107 cm³/mol. The summed E-state index contributed by atoms with van der Waals surface area (Å²) in [6.07, 6.45) is 0. The minimum atomic E-state index is -3.88. The normalized spacial score (nSPS) is 12.6. The van der Waals surface area contributed by atoms with Crippen molar-refractivity contribution in [2.45, 2.75) is 37.9 Å². The van der Waals surface area contributed by atoms with E-state index in [2.05, 4.69) is 14.8 Å². The van der Waals surface area contributed by atoms with Crippen LogP contribution in [-0.2, 0) is 21.4 Å². The smallest absolute Gasteiger partial charge is 0.387 e. The molecule has 0 saturated carbocycles. The number of alkyl halides is 2. The van der Waals surface area contributed by atoms with Gasteiger partial charge in [0.2, 0.25) is 15.9 Å². The molecule has 0 unspecified atom stereocenters. The SMILES string of the molecule is COc1cc(CNC(=O)[C@@H](NS(=O)(=O)c2ccccc2)C(C)C)ccc1OC(F)F. The van der Waals surface area contributed by atoms with Gasteiger partial charge in [-0.1, -0.05) is 38.1 Å². The zero-order valence-electron chi connectivity index (χ0n) is 16.8. The highest BCUT2D eigenvalue weighted by Gasteiger charge is 2.28. The molecule has 0 spiro atoms.